The molecule has 0 aliphatic carbocycles. The number of hydrogen-bond acceptors (Lipinski definition) is 8. The van der Waals surface area contributed by atoms with E-state index in [1.165, 1.54) is 11.7 Å². The quantitative estimate of drug-likeness (QED) is 0.153. The third-order valence-corrected chi connectivity index (χ3v) is 9.56. The Bertz CT molecular complexity index is 1770. The summed E-state index contributed by atoms with van der Waals surface area (Å²) < 4.78 is 92.4. The molecule has 2 aliphatic heterocycles. The van der Waals surface area contributed by atoms with E-state index in [0.717, 1.165) is 23.9 Å². The molecule has 3 aromatic rings. The van der Waals surface area contributed by atoms with E-state index in [9.17, 15) is 14.0 Å². The number of ether oxygens (including phenoxy) is 3. The average molecular weight is 719 g/mol. The minimum absolute atomic E-state index is 0.00412. The fourth-order valence-electron chi connectivity index (χ4n) is 6.15. The first-order chi connectivity index (χ1) is 22.4. The summed E-state index contributed by atoms with van der Waals surface area (Å²) in [5.41, 5.74) is -3.74. The molecule has 9 nitrogen and oxygen atoms in total. The van der Waals surface area contributed by atoms with Gasteiger partial charge in [-0.15, -0.1) is 11.8 Å². The van der Waals surface area contributed by atoms with E-state index >= 15 is 17.6 Å². The van der Waals surface area contributed by atoms with Crippen molar-refractivity contribution in [3.05, 3.63) is 50.9 Å². The molecule has 1 fully saturated rings. The van der Waals surface area contributed by atoms with Crippen LogP contribution in [0.1, 0.15) is 40.2 Å². The second-order valence-electron chi connectivity index (χ2n) is 12.9. The Balaban J connectivity index is 1.74. The number of amides is 1. The van der Waals surface area contributed by atoms with Gasteiger partial charge in [0.15, 0.2) is 0 Å². The van der Waals surface area contributed by atoms with Crippen molar-refractivity contribution in [3.8, 4) is 11.1 Å². The van der Waals surface area contributed by atoms with Crippen LogP contribution in [0.5, 0.6) is 0 Å². The van der Waals surface area contributed by atoms with Crippen LogP contribution in [0.2, 0.25) is 5.02 Å². The van der Waals surface area contributed by atoms with Crippen LogP contribution in [0, 0.1) is 11.6 Å². The Labute approximate surface area is 283 Å². The largest absolute Gasteiger partial charge is 0.444 e. The van der Waals surface area contributed by atoms with Crippen molar-refractivity contribution in [2.24, 2.45) is 0 Å². The van der Waals surface area contributed by atoms with Gasteiger partial charge in [-0.05, 0) is 46.8 Å². The molecule has 0 spiro atoms. The zero-order valence-corrected chi connectivity index (χ0v) is 28.8. The molecule has 5 rings (SSSR count). The number of benzene rings is 2. The lowest BCUT2D eigenvalue weighted by Gasteiger charge is -2.45. The summed E-state index contributed by atoms with van der Waals surface area (Å²) in [6.45, 7) is 9.38. The molecule has 3 heterocycles. The number of carbonyl (C=O) groups is 1. The van der Waals surface area contributed by atoms with E-state index in [1.54, 1.807) is 44.4 Å². The summed E-state index contributed by atoms with van der Waals surface area (Å²) >= 11 is 6.93. The van der Waals surface area contributed by atoms with Crippen LogP contribution < -0.4 is 10.6 Å². The summed E-state index contributed by atoms with van der Waals surface area (Å²) in [7, 11) is 1.49. The highest BCUT2D eigenvalue weighted by Gasteiger charge is 2.41. The molecule has 16 heteroatoms. The Morgan fingerprint density at radius 3 is 2.31 bits per heavy atom. The molecule has 1 aromatic heterocycles. The normalized spacial score (nSPS) is 20.3. The third-order valence-electron chi connectivity index (χ3n) is 8.05. The van der Waals surface area contributed by atoms with E-state index in [-0.39, 0.29) is 60.2 Å². The fourth-order valence-corrected chi connectivity index (χ4v) is 7.59. The number of hydrogen-bond donors (Lipinski definition) is 0. The number of methoxy groups -OCH3 is 1. The Hall–Kier alpha value is -3.14. The second-order valence-corrected chi connectivity index (χ2v) is 14.3. The van der Waals surface area contributed by atoms with Gasteiger partial charge in [-0.1, -0.05) is 11.6 Å². The van der Waals surface area contributed by atoms with Gasteiger partial charge in [0.2, 0.25) is 0 Å². The molecular weight excluding hydrogens is 683 g/mol. The summed E-state index contributed by atoms with van der Waals surface area (Å²) in [5.74, 6) is -2.29. The molecule has 1 saturated heterocycles. The van der Waals surface area contributed by atoms with Gasteiger partial charge in [-0.2, -0.15) is 18.2 Å². The number of alkyl halides is 3. The van der Waals surface area contributed by atoms with Crippen LogP contribution in [-0.4, -0.2) is 83.5 Å². The minimum Gasteiger partial charge on any atom is -0.444 e. The van der Waals surface area contributed by atoms with Crippen molar-refractivity contribution >= 4 is 46.2 Å². The van der Waals surface area contributed by atoms with Crippen molar-refractivity contribution in [2.45, 2.75) is 76.0 Å². The topological polar surface area (TPSA) is 86.1 Å². The molecule has 2 aliphatic rings. The van der Waals surface area contributed by atoms with Crippen molar-refractivity contribution in [1.29, 1.82) is 0 Å². The minimum atomic E-state index is -5.01. The van der Waals surface area contributed by atoms with E-state index in [2.05, 4.69) is 4.98 Å². The number of aromatic nitrogens is 2. The lowest BCUT2D eigenvalue weighted by Crippen LogP contribution is -2.59. The lowest BCUT2D eigenvalue weighted by molar-refractivity contribution is -0.137. The first-order valence-corrected chi connectivity index (χ1v) is 16.6. The number of carbonyl (C=O) groups excluding carboxylic acids is 1. The van der Waals surface area contributed by atoms with Gasteiger partial charge in [0.25, 0.3) is 0 Å². The number of nitrogens with zero attached hydrogens (tertiary/aromatic N) is 4. The van der Waals surface area contributed by atoms with Gasteiger partial charge in [-0.3, -0.25) is 9.47 Å². The number of halogens is 6. The first-order valence-electron chi connectivity index (χ1n) is 15.2. The van der Waals surface area contributed by atoms with Crippen LogP contribution in [0.15, 0.2) is 27.9 Å². The fraction of sp³-hybridized carbons (Fsp3) is 0.531. The van der Waals surface area contributed by atoms with Crippen molar-refractivity contribution in [2.75, 3.05) is 44.1 Å². The predicted molar refractivity (Wildman–Crippen MR) is 173 cm³/mol. The SMILES string of the molecule is COCCOC1CSc2c(-c3cc(Cl)c(F)cc3F)c(C(F)(F)F)cc3c(N4CC(C)N(C(=O)OC(C)(C)C)C(C)C4)nc(=O)n(c23)C1. The predicted octanol–water partition coefficient (Wildman–Crippen LogP) is 6.99. The van der Waals surface area contributed by atoms with Gasteiger partial charge in [0.05, 0.1) is 54.0 Å². The van der Waals surface area contributed by atoms with E-state index in [4.69, 9.17) is 25.8 Å². The smallest absolute Gasteiger partial charge is 0.417 e. The Morgan fingerprint density at radius 1 is 1.04 bits per heavy atom. The molecule has 3 unspecified atom stereocenters. The standard InChI is InChI=1S/C32H36ClF5N4O5S/c1-16-12-40(13-17(2)42(16)30(44)47-31(3,4)5)28-20-9-21(32(36,37)38)25(19-10-22(33)24(35)11-23(19)34)27-26(20)41(29(43)39-28)14-18(15-48-27)46-8-7-45-6/h9-11,16-18H,7-8,12-15H2,1-6H3. The van der Waals surface area contributed by atoms with Gasteiger partial charge in [0, 0.05) is 53.4 Å². The first kappa shape index (κ1) is 36.1. The lowest BCUT2D eigenvalue weighted by atomic mass is 9.95. The molecule has 0 radical (unpaired) electrons. The molecule has 1 amide bonds. The third kappa shape index (κ3) is 7.24. The maximum atomic E-state index is 15.4. The number of anilines is 1. The second kappa shape index (κ2) is 13.6. The monoisotopic (exact) mass is 718 g/mol. The average Bonchev–Trinajstić information content (AvgIpc) is 3.16. The molecule has 0 saturated carbocycles. The molecule has 0 N–H and O–H groups in total. The van der Waals surface area contributed by atoms with E-state index < -0.39 is 75.1 Å². The van der Waals surface area contributed by atoms with Crippen LogP contribution in [-0.2, 0) is 26.9 Å². The van der Waals surface area contributed by atoms with Crippen LogP contribution >= 0.6 is 23.4 Å². The Morgan fingerprint density at radius 2 is 1.71 bits per heavy atom. The highest BCUT2D eigenvalue weighted by molar-refractivity contribution is 7.99. The number of piperazine rings is 1. The van der Waals surface area contributed by atoms with Gasteiger partial charge in [-0.25, -0.2) is 18.4 Å². The number of thioether (sulfide) groups is 1. The highest BCUT2D eigenvalue weighted by atomic mass is 35.5. The van der Waals surface area contributed by atoms with Crippen molar-refractivity contribution in [3.63, 3.8) is 0 Å². The summed E-state index contributed by atoms with van der Waals surface area (Å²) in [5, 5.41) is -0.561. The molecule has 2 aromatic carbocycles. The summed E-state index contributed by atoms with van der Waals surface area (Å²) in [6.07, 6.45) is -6.20. The van der Waals surface area contributed by atoms with Gasteiger partial charge >= 0.3 is 18.0 Å². The van der Waals surface area contributed by atoms with Crippen LogP contribution in [0.4, 0.5) is 32.6 Å². The highest BCUT2D eigenvalue weighted by Crippen LogP contribution is 2.49. The maximum Gasteiger partial charge on any atom is 0.417 e. The van der Waals surface area contributed by atoms with E-state index in [1.807, 2.05) is 0 Å². The summed E-state index contributed by atoms with van der Waals surface area (Å²) in [6, 6.07) is 1.17. The maximum absolute atomic E-state index is 15.4. The Kier molecular flexibility index (Phi) is 10.3. The molecule has 262 valence electrons. The molecule has 0 bridgehead atoms. The van der Waals surface area contributed by atoms with Crippen molar-refractivity contribution in [1.82, 2.24) is 14.5 Å². The molecule has 3 atom stereocenters. The van der Waals surface area contributed by atoms with Crippen molar-refractivity contribution < 1.29 is 41.0 Å². The summed E-state index contributed by atoms with van der Waals surface area (Å²) in [4.78, 5) is 34.4. The molecule has 48 heavy (non-hydrogen) atoms. The van der Waals surface area contributed by atoms with Gasteiger partial charge in [0.1, 0.15) is 23.1 Å². The zero-order valence-electron chi connectivity index (χ0n) is 27.2. The molecular formula is C32H36ClF5N4O5S. The van der Waals surface area contributed by atoms with E-state index in [0.29, 0.717) is 6.07 Å². The van der Waals surface area contributed by atoms with Crippen LogP contribution in [0.3, 0.4) is 0 Å². The van der Waals surface area contributed by atoms with Crippen LogP contribution in [0.25, 0.3) is 22.0 Å². The zero-order chi connectivity index (χ0) is 35.3. The number of rotatable bonds is 6. The van der Waals surface area contributed by atoms with Gasteiger partial charge < -0.3 is 19.1 Å².